The zero-order chi connectivity index (χ0) is 14.6. The molecule has 19 heavy (non-hydrogen) atoms. The third kappa shape index (κ3) is 6.55. The monoisotopic (exact) mass is 375 g/mol. The molecule has 0 unspecified atom stereocenters. The summed E-state index contributed by atoms with van der Waals surface area (Å²) in [6, 6.07) is 0. The first-order chi connectivity index (χ1) is 8.68. The van der Waals surface area contributed by atoms with Crippen LogP contribution in [0, 0.1) is 5.41 Å². The molecular weight excluding hydrogens is 354 g/mol. The molecule has 0 aromatic carbocycles. The molecule has 1 aliphatic rings. The molecule has 0 aromatic heterocycles. The van der Waals surface area contributed by atoms with Crippen LogP contribution in [0.1, 0.15) is 32.1 Å². The van der Waals surface area contributed by atoms with Gasteiger partial charge in [-0.1, -0.05) is 35.2 Å². The Hall–Kier alpha value is 0.340. The van der Waals surface area contributed by atoms with Crippen molar-refractivity contribution < 1.29 is 16.8 Å². The molecule has 0 atom stereocenters. The number of hydrogen-bond donors (Lipinski definition) is 1. The SMILES string of the molecule is CS(=O)(=O)CCS(=O)(=O)NCC1(CBr)CCCCC1. The standard InChI is InChI=1S/C11H22BrNO4S2/c1-18(14,15)7-8-19(16,17)13-10-11(9-12)5-3-2-4-6-11/h13H,2-10H2,1H3. The van der Waals surface area contributed by atoms with Gasteiger partial charge in [-0.15, -0.1) is 0 Å². The summed E-state index contributed by atoms with van der Waals surface area (Å²) in [4.78, 5) is 0. The summed E-state index contributed by atoms with van der Waals surface area (Å²) in [5, 5.41) is 0.772. The molecule has 0 heterocycles. The summed E-state index contributed by atoms with van der Waals surface area (Å²) in [5.74, 6) is -0.687. The van der Waals surface area contributed by atoms with Crippen molar-refractivity contribution in [3.05, 3.63) is 0 Å². The molecule has 1 aliphatic carbocycles. The van der Waals surface area contributed by atoms with E-state index in [4.69, 9.17) is 0 Å². The lowest BCUT2D eigenvalue weighted by Gasteiger charge is -2.35. The summed E-state index contributed by atoms with van der Waals surface area (Å²) >= 11 is 3.48. The molecule has 114 valence electrons. The number of sulfone groups is 1. The van der Waals surface area contributed by atoms with E-state index in [1.165, 1.54) is 6.42 Å². The van der Waals surface area contributed by atoms with Crippen LogP contribution >= 0.6 is 15.9 Å². The molecule has 1 saturated carbocycles. The lowest BCUT2D eigenvalue weighted by atomic mass is 9.76. The van der Waals surface area contributed by atoms with Crippen LogP contribution in [-0.4, -0.2) is 46.5 Å². The van der Waals surface area contributed by atoms with E-state index in [0.29, 0.717) is 6.54 Å². The lowest BCUT2D eigenvalue weighted by Crippen LogP contribution is -2.41. The molecule has 8 heteroatoms. The van der Waals surface area contributed by atoms with Crippen molar-refractivity contribution in [3.8, 4) is 0 Å². The first-order valence-electron chi connectivity index (χ1n) is 6.39. The van der Waals surface area contributed by atoms with Crippen molar-refractivity contribution in [2.45, 2.75) is 32.1 Å². The maximum absolute atomic E-state index is 11.8. The highest BCUT2D eigenvalue weighted by Gasteiger charge is 2.32. The molecular formula is C11H22BrNO4S2. The van der Waals surface area contributed by atoms with Gasteiger partial charge in [0.2, 0.25) is 10.0 Å². The topological polar surface area (TPSA) is 80.3 Å². The second kappa shape index (κ2) is 6.87. The Morgan fingerprint density at radius 2 is 1.63 bits per heavy atom. The Labute approximate surface area is 124 Å². The smallest absolute Gasteiger partial charge is 0.212 e. The van der Waals surface area contributed by atoms with E-state index in [1.54, 1.807) is 0 Å². The fourth-order valence-electron chi connectivity index (χ4n) is 2.26. The molecule has 1 rings (SSSR count). The van der Waals surface area contributed by atoms with Gasteiger partial charge < -0.3 is 0 Å². The fraction of sp³-hybridized carbons (Fsp3) is 1.00. The first kappa shape index (κ1) is 17.4. The van der Waals surface area contributed by atoms with Crippen molar-refractivity contribution in [1.29, 1.82) is 0 Å². The predicted molar refractivity (Wildman–Crippen MR) is 80.8 cm³/mol. The van der Waals surface area contributed by atoms with Crippen molar-refractivity contribution in [2.75, 3.05) is 29.6 Å². The van der Waals surface area contributed by atoms with Gasteiger partial charge in [0.1, 0.15) is 9.84 Å². The van der Waals surface area contributed by atoms with E-state index < -0.39 is 19.9 Å². The Morgan fingerprint density at radius 1 is 1.05 bits per heavy atom. The third-order valence-corrected chi connectivity index (χ3v) is 7.31. The van der Waals surface area contributed by atoms with Gasteiger partial charge in [0.25, 0.3) is 0 Å². The zero-order valence-corrected chi connectivity index (χ0v) is 14.4. The van der Waals surface area contributed by atoms with Crippen LogP contribution in [0.2, 0.25) is 0 Å². The molecule has 0 amide bonds. The molecule has 0 radical (unpaired) electrons. The van der Waals surface area contributed by atoms with Crippen LogP contribution in [0.4, 0.5) is 0 Å². The highest BCUT2D eigenvalue weighted by atomic mass is 79.9. The minimum absolute atomic E-state index is 0.0175. The molecule has 0 bridgehead atoms. The van der Waals surface area contributed by atoms with Crippen molar-refractivity contribution in [1.82, 2.24) is 4.72 Å². The van der Waals surface area contributed by atoms with E-state index in [-0.39, 0.29) is 16.9 Å². The molecule has 5 nitrogen and oxygen atoms in total. The average Bonchev–Trinajstić information content (AvgIpc) is 2.35. The average molecular weight is 376 g/mol. The second-order valence-corrected chi connectivity index (χ2v) is 10.2. The number of nitrogens with one attached hydrogen (secondary N) is 1. The van der Waals surface area contributed by atoms with Crippen LogP contribution < -0.4 is 4.72 Å². The summed E-state index contributed by atoms with van der Waals surface area (Å²) in [7, 11) is -6.76. The van der Waals surface area contributed by atoms with Crippen molar-refractivity contribution >= 4 is 35.8 Å². The number of halogens is 1. The van der Waals surface area contributed by atoms with Crippen LogP contribution in [0.5, 0.6) is 0 Å². The first-order valence-corrected chi connectivity index (χ1v) is 11.2. The predicted octanol–water partition coefficient (Wildman–Crippen LogP) is 1.30. The Kier molecular flexibility index (Phi) is 6.28. The van der Waals surface area contributed by atoms with Gasteiger partial charge in [-0.3, -0.25) is 0 Å². The summed E-state index contributed by atoms with van der Waals surface area (Å²) < 4.78 is 48.2. The van der Waals surface area contributed by atoms with Gasteiger partial charge in [0.05, 0.1) is 11.5 Å². The van der Waals surface area contributed by atoms with Gasteiger partial charge in [-0.05, 0) is 18.3 Å². The number of sulfonamides is 1. The quantitative estimate of drug-likeness (QED) is 0.679. The normalized spacial score (nSPS) is 20.3. The number of alkyl halides is 1. The Bertz CT molecular complexity index is 481. The van der Waals surface area contributed by atoms with Crippen molar-refractivity contribution in [3.63, 3.8) is 0 Å². The van der Waals surface area contributed by atoms with Crippen LogP contribution in [0.15, 0.2) is 0 Å². The third-order valence-electron chi connectivity index (χ3n) is 3.59. The summed E-state index contributed by atoms with van der Waals surface area (Å²) in [6.45, 7) is 0.393. The zero-order valence-electron chi connectivity index (χ0n) is 11.2. The minimum Gasteiger partial charge on any atom is -0.229 e. The maximum Gasteiger partial charge on any atom is 0.212 e. The van der Waals surface area contributed by atoms with Gasteiger partial charge in [-0.2, -0.15) is 0 Å². The molecule has 0 spiro atoms. The van der Waals surface area contributed by atoms with Crippen LogP contribution in [0.25, 0.3) is 0 Å². The van der Waals surface area contributed by atoms with Gasteiger partial charge in [-0.25, -0.2) is 21.6 Å². The number of hydrogen-bond acceptors (Lipinski definition) is 4. The Balaban J connectivity index is 2.53. The molecule has 0 aliphatic heterocycles. The molecule has 0 saturated heterocycles. The van der Waals surface area contributed by atoms with E-state index >= 15 is 0 Å². The van der Waals surface area contributed by atoms with Gasteiger partial charge in [0.15, 0.2) is 0 Å². The largest absolute Gasteiger partial charge is 0.229 e. The Morgan fingerprint density at radius 3 is 2.11 bits per heavy atom. The van der Waals surface area contributed by atoms with Gasteiger partial charge >= 0.3 is 0 Å². The highest BCUT2D eigenvalue weighted by molar-refractivity contribution is 9.09. The second-order valence-electron chi connectivity index (χ2n) is 5.46. The number of rotatable bonds is 7. The van der Waals surface area contributed by atoms with Crippen molar-refractivity contribution in [2.24, 2.45) is 5.41 Å². The molecule has 1 fully saturated rings. The fourth-order valence-corrected chi connectivity index (χ4v) is 5.77. The van der Waals surface area contributed by atoms with Crippen LogP contribution in [0.3, 0.4) is 0 Å². The summed E-state index contributed by atoms with van der Waals surface area (Å²) in [6.07, 6.45) is 6.51. The van der Waals surface area contributed by atoms with E-state index in [1.807, 2.05) is 0 Å². The highest BCUT2D eigenvalue weighted by Crippen LogP contribution is 2.37. The minimum atomic E-state index is -3.51. The van der Waals surface area contributed by atoms with E-state index in [0.717, 1.165) is 37.3 Å². The van der Waals surface area contributed by atoms with E-state index in [9.17, 15) is 16.8 Å². The van der Waals surface area contributed by atoms with Gasteiger partial charge in [0, 0.05) is 18.1 Å². The molecule has 1 N–H and O–H groups in total. The lowest BCUT2D eigenvalue weighted by molar-refractivity contribution is 0.227. The van der Waals surface area contributed by atoms with Crippen LogP contribution in [-0.2, 0) is 19.9 Å². The maximum atomic E-state index is 11.8. The summed E-state index contributed by atoms with van der Waals surface area (Å²) in [5.41, 5.74) is -0.0175. The van der Waals surface area contributed by atoms with E-state index in [2.05, 4.69) is 20.7 Å². The molecule has 0 aromatic rings.